The molecular weight excluding hydrogens is 318 g/mol. The van der Waals surface area contributed by atoms with Crippen LogP contribution in [0.5, 0.6) is 5.75 Å². The Morgan fingerprint density at radius 1 is 1.17 bits per heavy atom. The van der Waals surface area contributed by atoms with Gasteiger partial charge < -0.3 is 15.8 Å². The Morgan fingerprint density at radius 2 is 1.92 bits per heavy atom. The first-order valence-corrected chi connectivity index (χ1v) is 7.10. The number of rotatable bonds is 6. The minimum absolute atomic E-state index is 0.0217. The van der Waals surface area contributed by atoms with Crippen LogP contribution >= 0.6 is 0 Å². The molecule has 0 aliphatic heterocycles. The molecule has 7 heteroatoms. The standard InChI is InChI=1S/C17H16F2N2O3/c1-10-6-13(24-9-16(20)22)3-5-15(10)21-17(23)8-11-7-12(18)2-4-14(11)19/h2-7H,8-9H2,1H3,(H2,20,22)(H,21,23). The molecule has 0 fully saturated rings. The molecule has 0 spiro atoms. The number of aryl methyl sites for hydroxylation is 1. The fraction of sp³-hybridized carbons (Fsp3) is 0.176. The molecular formula is C17H16F2N2O3. The predicted molar refractivity (Wildman–Crippen MR) is 84.6 cm³/mol. The summed E-state index contributed by atoms with van der Waals surface area (Å²) < 4.78 is 31.8. The summed E-state index contributed by atoms with van der Waals surface area (Å²) in [7, 11) is 0. The number of primary amides is 1. The van der Waals surface area contributed by atoms with Gasteiger partial charge in [0.05, 0.1) is 6.42 Å². The number of nitrogens with two attached hydrogens (primary N) is 1. The summed E-state index contributed by atoms with van der Waals surface area (Å²) in [5, 5.41) is 2.62. The maximum absolute atomic E-state index is 13.6. The van der Waals surface area contributed by atoms with Crippen LogP contribution < -0.4 is 15.8 Å². The minimum Gasteiger partial charge on any atom is -0.484 e. The average Bonchev–Trinajstić information content (AvgIpc) is 2.51. The minimum atomic E-state index is -0.640. The van der Waals surface area contributed by atoms with Crippen molar-refractivity contribution in [1.82, 2.24) is 0 Å². The largest absolute Gasteiger partial charge is 0.484 e. The highest BCUT2D eigenvalue weighted by atomic mass is 19.1. The van der Waals surface area contributed by atoms with Crippen molar-refractivity contribution < 1.29 is 23.1 Å². The van der Waals surface area contributed by atoms with E-state index in [2.05, 4.69) is 5.32 Å². The molecule has 5 nitrogen and oxygen atoms in total. The molecule has 0 bridgehead atoms. The number of nitrogens with one attached hydrogen (secondary N) is 1. The number of benzene rings is 2. The molecule has 0 unspecified atom stereocenters. The molecule has 0 aliphatic carbocycles. The Hall–Kier alpha value is -2.96. The van der Waals surface area contributed by atoms with Crippen LogP contribution in [-0.2, 0) is 16.0 Å². The highest BCUT2D eigenvalue weighted by Crippen LogP contribution is 2.22. The Balaban J connectivity index is 2.03. The van der Waals surface area contributed by atoms with Crippen LogP contribution in [0.3, 0.4) is 0 Å². The topological polar surface area (TPSA) is 81.4 Å². The number of carbonyl (C=O) groups excluding carboxylic acids is 2. The SMILES string of the molecule is Cc1cc(OCC(N)=O)ccc1NC(=O)Cc1cc(F)ccc1F. The monoisotopic (exact) mass is 334 g/mol. The van der Waals surface area contributed by atoms with Crippen LogP contribution in [0.4, 0.5) is 14.5 Å². The van der Waals surface area contributed by atoms with Crippen molar-refractivity contribution >= 4 is 17.5 Å². The van der Waals surface area contributed by atoms with Crippen LogP contribution in [0, 0.1) is 18.6 Å². The van der Waals surface area contributed by atoms with Crippen molar-refractivity contribution in [3.8, 4) is 5.75 Å². The van der Waals surface area contributed by atoms with Crippen molar-refractivity contribution in [2.75, 3.05) is 11.9 Å². The molecule has 24 heavy (non-hydrogen) atoms. The van der Waals surface area contributed by atoms with Gasteiger partial charge in [-0.05, 0) is 48.9 Å². The molecule has 2 rings (SSSR count). The van der Waals surface area contributed by atoms with E-state index in [9.17, 15) is 18.4 Å². The molecule has 0 aromatic heterocycles. The molecule has 0 radical (unpaired) electrons. The van der Waals surface area contributed by atoms with Crippen molar-refractivity contribution in [3.63, 3.8) is 0 Å². The van der Waals surface area contributed by atoms with Gasteiger partial charge in [-0.2, -0.15) is 0 Å². The molecule has 0 saturated carbocycles. The van der Waals surface area contributed by atoms with Crippen LogP contribution in [0.2, 0.25) is 0 Å². The normalized spacial score (nSPS) is 10.3. The zero-order chi connectivity index (χ0) is 17.7. The van der Waals surface area contributed by atoms with E-state index in [0.717, 1.165) is 18.2 Å². The molecule has 0 heterocycles. The summed E-state index contributed by atoms with van der Waals surface area (Å²) in [6, 6.07) is 7.74. The average molecular weight is 334 g/mol. The van der Waals surface area contributed by atoms with Gasteiger partial charge >= 0.3 is 0 Å². The first-order chi connectivity index (χ1) is 11.3. The smallest absolute Gasteiger partial charge is 0.255 e. The number of hydrogen-bond donors (Lipinski definition) is 2. The molecule has 2 aromatic carbocycles. The van der Waals surface area contributed by atoms with E-state index in [0.29, 0.717) is 17.0 Å². The van der Waals surface area contributed by atoms with Crippen molar-refractivity contribution in [3.05, 3.63) is 59.2 Å². The highest BCUT2D eigenvalue weighted by molar-refractivity contribution is 5.93. The molecule has 0 saturated heterocycles. The fourth-order valence-corrected chi connectivity index (χ4v) is 2.07. The van der Waals surface area contributed by atoms with E-state index in [1.807, 2.05) is 0 Å². The van der Waals surface area contributed by atoms with E-state index in [-0.39, 0.29) is 18.6 Å². The van der Waals surface area contributed by atoms with E-state index in [4.69, 9.17) is 10.5 Å². The first kappa shape index (κ1) is 17.4. The van der Waals surface area contributed by atoms with Gasteiger partial charge in [0.25, 0.3) is 5.91 Å². The van der Waals surface area contributed by atoms with Gasteiger partial charge in [-0.25, -0.2) is 8.78 Å². The zero-order valence-corrected chi connectivity index (χ0v) is 12.9. The number of ether oxygens (including phenoxy) is 1. The Morgan fingerprint density at radius 3 is 2.58 bits per heavy atom. The third-order valence-corrected chi connectivity index (χ3v) is 3.21. The number of halogens is 2. The third kappa shape index (κ3) is 4.77. The lowest BCUT2D eigenvalue weighted by molar-refractivity contribution is -0.120. The lowest BCUT2D eigenvalue weighted by atomic mass is 10.1. The summed E-state index contributed by atoms with van der Waals surface area (Å²) in [5.41, 5.74) is 6.16. The van der Waals surface area contributed by atoms with Gasteiger partial charge in [0.1, 0.15) is 17.4 Å². The molecule has 0 atom stereocenters. The maximum Gasteiger partial charge on any atom is 0.255 e. The van der Waals surface area contributed by atoms with E-state index in [1.165, 1.54) is 0 Å². The van der Waals surface area contributed by atoms with Gasteiger partial charge in [0, 0.05) is 11.3 Å². The Labute approximate surface area is 137 Å². The summed E-state index contributed by atoms with van der Waals surface area (Å²) in [4.78, 5) is 22.7. The van der Waals surface area contributed by atoms with Crippen LogP contribution in [0.1, 0.15) is 11.1 Å². The van der Waals surface area contributed by atoms with Crippen LogP contribution in [0.15, 0.2) is 36.4 Å². The van der Waals surface area contributed by atoms with Gasteiger partial charge in [0.2, 0.25) is 5.91 Å². The van der Waals surface area contributed by atoms with Crippen molar-refractivity contribution in [1.29, 1.82) is 0 Å². The van der Waals surface area contributed by atoms with E-state index < -0.39 is 23.4 Å². The molecule has 2 aromatic rings. The number of amides is 2. The highest BCUT2D eigenvalue weighted by Gasteiger charge is 2.11. The van der Waals surface area contributed by atoms with Crippen molar-refractivity contribution in [2.24, 2.45) is 5.73 Å². The van der Waals surface area contributed by atoms with Crippen LogP contribution in [-0.4, -0.2) is 18.4 Å². The van der Waals surface area contributed by atoms with E-state index >= 15 is 0 Å². The summed E-state index contributed by atoms with van der Waals surface area (Å²) >= 11 is 0. The number of anilines is 1. The molecule has 2 amide bonds. The lowest BCUT2D eigenvalue weighted by Gasteiger charge is -2.11. The van der Waals surface area contributed by atoms with Crippen molar-refractivity contribution in [2.45, 2.75) is 13.3 Å². The number of carbonyl (C=O) groups is 2. The first-order valence-electron chi connectivity index (χ1n) is 7.10. The predicted octanol–water partition coefficient (Wildman–Crippen LogP) is 2.32. The summed E-state index contributed by atoms with van der Waals surface area (Å²) in [5.74, 6) is -1.89. The van der Waals surface area contributed by atoms with E-state index in [1.54, 1.807) is 25.1 Å². The molecule has 3 N–H and O–H groups in total. The maximum atomic E-state index is 13.6. The Bertz CT molecular complexity index is 778. The van der Waals surface area contributed by atoms with Gasteiger partial charge in [-0.1, -0.05) is 0 Å². The van der Waals surface area contributed by atoms with Gasteiger partial charge in [-0.3, -0.25) is 9.59 Å². The summed E-state index contributed by atoms with van der Waals surface area (Å²) in [6.45, 7) is 1.49. The van der Waals surface area contributed by atoms with Gasteiger partial charge in [-0.15, -0.1) is 0 Å². The third-order valence-electron chi connectivity index (χ3n) is 3.21. The quantitative estimate of drug-likeness (QED) is 0.850. The lowest BCUT2D eigenvalue weighted by Crippen LogP contribution is -2.20. The second kappa shape index (κ2) is 7.54. The second-order valence-corrected chi connectivity index (χ2v) is 5.19. The molecule has 126 valence electrons. The van der Waals surface area contributed by atoms with Crippen LogP contribution in [0.25, 0.3) is 0 Å². The summed E-state index contributed by atoms with van der Waals surface area (Å²) in [6.07, 6.45) is -0.289. The number of hydrogen-bond acceptors (Lipinski definition) is 3. The second-order valence-electron chi connectivity index (χ2n) is 5.19. The molecule has 0 aliphatic rings. The van der Waals surface area contributed by atoms with Gasteiger partial charge in [0.15, 0.2) is 6.61 Å². The fourth-order valence-electron chi connectivity index (χ4n) is 2.07. The zero-order valence-electron chi connectivity index (χ0n) is 12.9. The Kier molecular flexibility index (Phi) is 5.47.